The molecule has 1 rings (SSSR count). The SMILES string of the molecule is BC(B)(B)O[C@]1(C)C[C@H](CC(CC)CCC)C1. The van der Waals surface area contributed by atoms with Crippen molar-refractivity contribution in [2.24, 2.45) is 11.8 Å². The maximum absolute atomic E-state index is 6.17. The molecule has 0 aliphatic heterocycles. The van der Waals surface area contributed by atoms with Crippen LogP contribution in [0, 0.1) is 11.8 Å². The van der Waals surface area contributed by atoms with E-state index in [1.165, 1.54) is 38.5 Å². The van der Waals surface area contributed by atoms with Crippen LogP contribution < -0.4 is 0 Å². The van der Waals surface area contributed by atoms with Crippen LogP contribution in [-0.4, -0.2) is 34.4 Å². The van der Waals surface area contributed by atoms with Gasteiger partial charge in [0.1, 0.15) is 23.5 Å². The van der Waals surface area contributed by atoms with Crippen LogP contribution in [0.1, 0.15) is 59.3 Å². The molecule has 0 aromatic heterocycles. The molecule has 0 aromatic rings. The molecule has 0 N–H and O–H groups in total. The molecule has 0 radical (unpaired) electrons. The van der Waals surface area contributed by atoms with Gasteiger partial charge in [0.05, 0.1) is 5.60 Å². The lowest BCUT2D eigenvalue weighted by Gasteiger charge is -2.49. The van der Waals surface area contributed by atoms with Crippen molar-refractivity contribution in [2.75, 3.05) is 0 Å². The van der Waals surface area contributed by atoms with E-state index in [2.05, 4.69) is 44.3 Å². The first-order valence-corrected chi connectivity index (χ1v) is 7.48. The normalized spacial score (nSPS) is 30.9. The van der Waals surface area contributed by atoms with Crippen LogP contribution in [0.4, 0.5) is 0 Å². The Morgan fingerprint density at radius 1 is 1.29 bits per heavy atom. The third kappa shape index (κ3) is 5.12. The molecule has 0 saturated heterocycles. The molecule has 0 spiro atoms. The largest absolute Gasteiger partial charge is 0.395 e. The van der Waals surface area contributed by atoms with Gasteiger partial charge in [-0.1, -0.05) is 33.1 Å². The standard InChI is InChI=1S/C13H29B3O/c1-4-6-10(5-2)7-11-8-12(3,9-11)17-13(14,15)16/h10-11H,4-9,14-16H2,1-3H3/t10?,11-,12+. The summed E-state index contributed by atoms with van der Waals surface area (Å²) in [6.45, 7) is 6.93. The molecular weight excluding hydrogens is 205 g/mol. The molecule has 1 saturated carbocycles. The molecule has 4 heteroatoms. The first-order valence-electron chi connectivity index (χ1n) is 7.48. The average molecular weight is 234 g/mol. The maximum atomic E-state index is 6.17. The number of rotatable bonds is 7. The van der Waals surface area contributed by atoms with Crippen molar-refractivity contribution in [1.29, 1.82) is 0 Å². The molecule has 1 aliphatic rings. The van der Waals surface area contributed by atoms with Gasteiger partial charge in [-0.05, 0) is 43.3 Å². The topological polar surface area (TPSA) is 9.23 Å². The summed E-state index contributed by atoms with van der Waals surface area (Å²) in [4.78, 5) is 0. The minimum atomic E-state index is 0.00724. The van der Waals surface area contributed by atoms with Gasteiger partial charge < -0.3 is 4.74 Å². The second kappa shape index (κ2) is 5.86. The van der Waals surface area contributed by atoms with E-state index in [1.54, 1.807) is 0 Å². The van der Waals surface area contributed by atoms with E-state index in [-0.39, 0.29) is 10.9 Å². The Balaban J connectivity index is 2.30. The van der Waals surface area contributed by atoms with Gasteiger partial charge in [0.25, 0.3) is 0 Å². The van der Waals surface area contributed by atoms with Gasteiger partial charge in [0, 0.05) is 0 Å². The Hall–Kier alpha value is 0.155. The van der Waals surface area contributed by atoms with Crippen LogP contribution in [-0.2, 0) is 4.74 Å². The minimum absolute atomic E-state index is 0.00724. The van der Waals surface area contributed by atoms with Crippen molar-refractivity contribution in [1.82, 2.24) is 0 Å². The van der Waals surface area contributed by atoms with E-state index in [9.17, 15) is 0 Å². The highest BCUT2D eigenvalue weighted by atomic mass is 16.5. The highest BCUT2D eigenvalue weighted by Gasteiger charge is 2.43. The molecule has 0 heterocycles. The Morgan fingerprint density at radius 3 is 2.29 bits per heavy atom. The predicted molar refractivity (Wildman–Crippen MR) is 83.9 cm³/mol. The molecule has 1 fully saturated rings. The first kappa shape index (κ1) is 15.2. The third-order valence-electron chi connectivity index (χ3n) is 3.93. The van der Waals surface area contributed by atoms with Gasteiger partial charge in [0.2, 0.25) is 0 Å². The van der Waals surface area contributed by atoms with Crippen LogP contribution in [0.3, 0.4) is 0 Å². The summed E-state index contributed by atoms with van der Waals surface area (Å²) in [5, 5.41) is 0.00724. The average Bonchev–Trinajstić information content (AvgIpc) is 2.11. The van der Waals surface area contributed by atoms with Crippen LogP contribution in [0.5, 0.6) is 0 Å². The molecule has 1 unspecified atom stereocenters. The Morgan fingerprint density at radius 2 is 1.88 bits per heavy atom. The van der Waals surface area contributed by atoms with Gasteiger partial charge in [0.15, 0.2) is 0 Å². The molecule has 0 bridgehead atoms. The van der Waals surface area contributed by atoms with Crippen molar-refractivity contribution in [3.05, 3.63) is 0 Å². The Kier molecular flexibility index (Phi) is 5.25. The number of ether oxygens (including phenoxy) is 1. The Labute approximate surface area is 111 Å². The summed E-state index contributed by atoms with van der Waals surface area (Å²) in [6, 6.07) is 0. The second-order valence-electron chi connectivity index (χ2n) is 7.24. The highest BCUT2D eigenvalue weighted by molar-refractivity contribution is 6.58. The van der Waals surface area contributed by atoms with Gasteiger partial charge in [-0.15, -0.1) is 0 Å². The molecule has 17 heavy (non-hydrogen) atoms. The summed E-state index contributed by atoms with van der Waals surface area (Å²) < 4.78 is 6.17. The van der Waals surface area contributed by atoms with Crippen LogP contribution in [0.25, 0.3) is 0 Å². The lowest BCUT2D eigenvalue weighted by Crippen LogP contribution is -2.52. The Bertz CT molecular complexity index is 231. The monoisotopic (exact) mass is 234 g/mol. The van der Waals surface area contributed by atoms with Crippen molar-refractivity contribution in [3.63, 3.8) is 0 Å². The fraction of sp³-hybridized carbons (Fsp3) is 1.00. The summed E-state index contributed by atoms with van der Waals surface area (Å²) in [5.74, 6) is 1.86. The number of hydrogen-bond donors (Lipinski definition) is 0. The van der Waals surface area contributed by atoms with Crippen molar-refractivity contribution >= 4 is 23.5 Å². The molecule has 1 nitrogen and oxygen atoms in total. The fourth-order valence-corrected chi connectivity index (χ4v) is 3.52. The van der Waals surface area contributed by atoms with E-state index >= 15 is 0 Å². The van der Waals surface area contributed by atoms with E-state index in [0.717, 1.165) is 11.8 Å². The second-order valence-corrected chi connectivity index (χ2v) is 7.24. The summed E-state index contributed by atoms with van der Waals surface area (Å²) in [5.41, 5.74) is 0.160. The quantitative estimate of drug-likeness (QED) is 0.594. The molecule has 96 valence electrons. The van der Waals surface area contributed by atoms with Crippen molar-refractivity contribution < 1.29 is 4.74 Å². The van der Waals surface area contributed by atoms with Crippen LogP contribution in [0.2, 0.25) is 0 Å². The lowest BCUT2D eigenvalue weighted by atomic mass is 9.51. The van der Waals surface area contributed by atoms with Crippen molar-refractivity contribution in [3.8, 4) is 0 Å². The van der Waals surface area contributed by atoms with Crippen molar-refractivity contribution in [2.45, 2.75) is 70.2 Å². The van der Waals surface area contributed by atoms with E-state index in [0.29, 0.717) is 0 Å². The maximum Gasteiger partial charge on any atom is 0.121 e. The van der Waals surface area contributed by atoms with E-state index in [1.807, 2.05) is 0 Å². The molecule has 0 aromatic carbocycles. The van der Waals surface area contributed by atoms with E-state index in [4.69, 9.17) is 4.74 Å². The third-order valence-corrected chi connectivity index (χ3v) is 3.93. The summed E-state index contributed by atoms with van der Waals surface area (Å²) in [7, 11) is 6.49. The molecule has 1 aliphatic carbocycles. The number of hydrogen-bond acceptors (Lipinski definition) is 1. The predicted octanol–water partition coefficient (Wildman–Crippen LogP) is 0.899. The summed E-state index contributed by atoms with van der Waals surface area (Å²) in [6.07, 6.45) is 8.05. The van der Waals surface area contributed by atoms with Crippen LogP contribution >= 0.6 is 0 Å². The van der Waals surface area contributed by atoms with E-state index < -0.39 is 0 Å². The smallest absolute Gasteiger partial charge is 0.121 e. The summed E-state index contributed by atoms with van der Waals surface area (Å²) >= 11 is 0. The molecular formula is C13H29B3O. The molecule has 0 amide bonds. The highest BCUT2D eigenvalue weighted by Crippen LogP contribution is 2.45. The first-order chi connectivity index (χ1) is 7.78. The lowest BCUT2D eigenvalue weighted by molar-refractivity contribution is -0.125. The zero-order chi connectivity index (χ0) is 13.1. The van der Waals surface area contributed by atoms with Gasteiger partial charge in [-0.25, -0.2) is 0 Å². The van der Waals surface area contributed by atoms with Crippen LogP contribution in [0.15, 0.2) is 0 Å². The zero-order valence-electron chi connectivity index (χ0n) is 12.8. The van der Waals surface area contributed by atoms with Gasteiger partial charge in [-0.2, -0.15) is 0 Å². The molecule has 1 atom stereocenters. The fourth-order valence-electron chi connectivity index (χ4n) is 3.52. The van der Waals surface area contributed by atoms with Gasteiger partial charge >= 0.3 is 0 Å². The minimum Gasteiger partial charge on any atom is -0.395 e. The van der Waals surface area contributed by atoms with Gasteiger partial charge in [-0.3, -0.25) is 0 Å². The zero-order valence-corrected chi connectivity index (χ0v) is 12.8.